The lowest BCUT2D eigenvalue weighted by atomic mass is 9.96. The Kier molecular flexibility index (Phi) is 6.00. The number of halogens is 3. The fraction of sp³-hybridized carbons (Fsp3) is 0.375. The second-order valence-corrected chi connectivity index (χ2v) is 8.75. The van der Waals surface area contributed by atoms with Gasteiger partial charge in [0.05, 0.1) is 5.56 Å². The van der Waals surface area contributed by atoms with E-state index >= 15 is 0 Å². The number of hydrogen-bond acceptors (Lipinski definition) is 6. The van der Waals surface area contributed by atoms with Crippen molar-refractivity contribution in [2.24, 2.45) is 0 Å². The molecule has 0 spiro atoms. The molecule has 1 aliphatic heterocycles. The van der Waals surface area contributed by atoms with Crippen molar-refractivity contribution in [2.75, 3.05) is 13.1 Å². The second kappa shape index (κ2) is 9.12. The lowest BCUT2D eigenvalue weighted by Crippen LogP contribution is -2.39. The van der Waals surface area contributed by atoms with Crippen LogP contribution in [0.25, 0.3) is 17.1 Å². The molecule has 3 aromatic heterocycles. The standard InChI is InChI=1S/C24H23F3N6O2/c1-15-4-6-16(7-5-15)23-31-29-20(35-23)10-11-21(34)32-12-2-3-17(13-32)22-30-28-19-9-8-18(14-33(19)22)24(25,26)27/h4-9,14,17H,2-3,10-13H2,1H3. The number of pyridine rings is 1. The van der Waals surface area contributed by atoms with Gasteiger partial charge in [-0.25, -0.2) is 0 Å². The predicted molar refractivity (Wildman–Crippen MR) is 119 cm³/mol. The Hall–Kier alpha value is -3.76. The number of rotatable bonds is 5. The van der Waals surface area contributed by atoms with Gasteiger partial charge in [-0.05, 0) is 44.0 Å². The molecule has 1 atom stereocenters. The SMILES string of the molecule is Cc1ccc(-c2nnc(CCC(=O)N3CCCC(c4nnc5ccc(C(F)(F)F)cn45)C3)o2)cc1. The largest absolute Gasteiger partial charge is 0.421 e. The summed E-state index contributed by atoms with van der Waals surface area (Å²) in [5.41, 5.74) is 1.52. The number of carbonyl (C=O) groups excluding carboxylic acids is 1. The van der Waals surface area contributed by atoms with E-state index in [0.29, 0.717) is 49.2 Å². The maximum Gasteiger partial charge on any atom is 0.417 e. The van der Waals surface area contributed by atoms with Crippen LogP contribution in [0.1, 0.15) is 48.0 Å². The molecular weight excluding hydrogens is 461 g/mol. The Balaban J connectivity index is 1.24. The van der Waals surface area contributed by atoms with Crippen molar-refractivity contribution < 1.29 is 22.4 Å². The van der Waals surface area contributed by atoms with E-state index in [4.69, 9.17) is 4.42 Å². The topological polar surface area (TPSA) is 89.4 Å². The van der Waals surface area contributed by atoms with Crippen molar-refractivity contribution in [3.05, 3.63) is 65.4 Å². The molecule has 0 radical (unpaired) electrons. The number of fused-ring (bicyclic) bond motifs is 1. The Morgan fingerprint density at radius 2 is 1.89 bits per heavy atom. The molecule has 0 N–H and O–H groups in total. The minimum atomic E-state index is -4.46. The Morgan fingerprint density at radius 1 is 1.09 bits per heavy atom. The van der Waals surface area contributed by atoms with E-state index < -0.39 is 11.7 Å². The van der Waals surface area contributed by atoms with Crippen molar-refractivity contribution in [1.29, 1.82) is 0 Å². The van der Waals surface area contributed by atoms with Crippen LogP contribution in [-0.4, -0.2) is 48.7 Å². The molecule has 35 heavy (non-hydrogen) atoms. The summed E-state index contributed by atoms with van der Waals surface area (Å²) in [4.78, 5) is 14.6. The number of amides is 1. The second-order valence-electron chi connectivity index (χ2n) is 8.75. The number of aromatic nitrogens is 5. The molecule has 8 nitrogen and oxygen atoms in total. The van der Waals surface area contributed by atoms with Crippen LogP contribution >= 0.6 is 0 Å². The number of alkyl halides is 3. The van der Waals surface area contributed by atoms with Gasteiger partial charge in [0.1, 0.15) is 5.82 Å². The van der Waals surface area contributed by atoms with Gasteiger partial charge in [0.25, 0.3) is 0 Å². The van der Waals surface area contributed by atoms with Crippen molar-refractivity contribution >= 4 is 11.6 Å². The predicted octanol–water partition coefficient (Wildman–Crippen LogP) is 4.45. The highest BCUT2D eigenvalue weighted by Crippen LogP contribution is 2.31. The molecule has 1 aliphatic rings. The van der Waals surface area contributed by atoms with E-state index in [1.54, 1.807) is 4.90 Å². The van der Waals surface area contributed by atoms with Crippen LogP contribution in [0.5, 0.6) is 0 Å². The summed E-state index contributed by atoms with van der Waals surface area (Å²) in [5, 5.41) is 16.3. The van der Waals surface area contributed by atoms with Gasteiger partial charge in [0, 0.05) is 43.6 Å². The van der Waals surface area contributed by atoms with E-state index in [1.807, 2.05) is 31.2 Å². The highest BCUT2D eigenvalue weighted by atomic mass is 19.4. The molecule has 4 heterocycles. The highest BCUT2D eigenvalue weighted by Gasteiger charge is 2.32. The first-order valence-corrected chi connectivity index (χ1v) is 11.4. The Morgan fingerprint density at radius 3 is 2.66 bits per heavy atom. The molecule has 0 aliphatic carbocycles. The molecule has 1 amide bonds. The summed E-state index contributed by atoms with van der Waals surface area (Å²) in [6, 6.07) is 10.0. The van der Waals surface area contributed by atoms with E-state index in [1.165, 1.54) is 10.5 Å². The third kappa shape index (κ3) is 4.89. The molecule has 1 fully saturated rings. The summed E-state index contributed by atoms with van der Waals surface area (Å²) >= 11 is 0. The highest BCUT2D eigenvalue weighted by molar-refractivity contribution is 5.76. The van der Waals surface area contributed by atoms with E-state index in [9.17, 15) is 18.0 Å². The molecule has 1 unspecified atom stereocenters. The summed E-state index contributed by atoms with van der Waals surface area (Å²) in [6.07, 6.45) is -1.50. The zero-order valence-corrected chi connectivity index (χ0v) is 19.0. The first-order valence-electron chi connectivity index (χ1n) is 11.4. The monoisotopic (exact) mass is 484 g/mol. The zero-order chi connectivity index (χ0) is 24.6. The van der Waals surface area contributed by atoms with Crippen molar-refractivity contribution in [3.63, 3.8) is 0 Å². The average molecular weight is 484 g/mol. The Bertz CT molecular complexity index is 1350. The lowest BCUT2D eigenvalue weighted by Gasteiger charge is -2.32. The summed E-state index contributed by atoms with van der Waals surface area (Å²) < 4.78 is 46.6. The molecule has 5 rings (SSSR count). The molecule has 0 bridgehead atoms. The number of aryl methyl sites for hydroxylation is 2. The van der Waals surface area contributed by atoms with E-state index in [2.05, 4.69) is 20.4 Å². The van der Waals surface area contributed by atoms with Crippen molar-refractivity contribution in [2.45, 2.75) is 44.7 Å². The average Bonchev–Trinajstić information content (AvgIpc) is 3.49. The molecule has 4 aromatic rings. The number of hydrogen-bond donors (Lipinski definition) is 0. The molecular formula is C24H23F3N6O2. The number of benzene rings is 1. The van der Waals surface area contributed by atoms with Gasteiger partial charge in [0.15, 0.2) is 5.65 Å². The Labute approximate surface area is 198 Å². The van der Waals surface area contributed by atoms with Gasteiger partial charge in [-0.15, -0.1) is 20.4 Å². The molecule has 1 saturated heterocycles. The van der Waals surface area contributed by atoms with Crippen molar-refractivity contribution in [3.8, 4) is 11.5 Å². The van der Waals surface area contributed by atoms with Gasteiger partial charge < -0.3 is 9.32 Å². The maximum atomic E-state index is 13.2. The molecule has 182 valence electrons. The van der Waals surface area contributed by atoms with Crippen LogP contribution in [0, 0.1) is 6.92 Å². The molecule has 0 saturated carbocycles. The number of likely N-dealkylation sites (tertiary alicyclic amines) is 1. The van der Waals surface area contributed by atoms with Crippen LogP contribution in [0.15, 0.2) is 47.0 Å². The smallest absolute Gasteiger partial charge is 0.417 e. The van der Waals surface area contributed by atoms with Gasteiger partial charge >= 0.3 is 6.18 Å². The number of piperidine rings is 1. The van der Waals surface area contributed by atoms with Crippen molar-refractivity contribution in [1.82, 2.24) is 29.7 Å². The first kappa shape index (κ1) is 23.0. The summed E-state index contributed by atoms with van der Waals surface area (Å²) in [5.74, 6) is 0.938. The number of nitrogens with zero attached hydrogens (tertiary/aromatic N) is 6. The van der Waals surface area contributed by atoms with Gasteiger partial charge in [-0.3, -0.25) is 9.20 Å². The number of carbonyl (C=O) groups is 1. The molecule has 1 aromatic carbocycles. The summed E-state index contributed by atoms with van der Waals surface area (Å²) in [6.45, 7) is 2.94. The quantitative estimate of drug-likeness (QED) is 0.416. The summed E-state index contributed by atoms with van der Waals surface area (Å²) in [7, 11) is 0. The van der Waals surface area contributed by atoms with Crippen LogP contribution in [-0.2, 0) is 17.4 Å². The third-order valence-corrected chi connectivity index (χ3v) is 6.21. The fourth-order valence-electron chi connectivity index (χ4n) is 4.31. The van der Waals surface area contributed by atoms with E-state index in [-0.39, 0.29) is 18.2 Å². The fourth-order valence-corrected chi connectivity index (χ4v) is 4.31. The first-order chi connectivity index (χ1) is 16.8. The van der Waals surface area contributed by atoms with Gasteiger partial charge in [-0.1, -0.05) is 17.7 Å². The zero-order valence-electron chi connectivity index (χ0n) is 19.0. The minimum absolute atomic E-state index is 0.0745. The van der Waals surface area contributed by atoms with Crippen LogP contribution < -0.4 is 0 Å². The van der Waals surface area contributed by atoms with E-state index in [0.717, 1.165) is 29.8 Å². The van der Waals surface area contributed by atoms with Gasteiger partial charge in [-0.2, -0.15) is 13.2 Å². The minimum Gasteiger partial charge on any atom is -0.421 e. The van der Waals surface area contributed by atoms with Crippen LogP contribution in [0.3, 0.4) is 0 Å². The third-order valence-electron chi connectivity index (χ3n) is 6.21. The van der Waals surface area contributed by atoms with Crippen LogP contribution in [0.2, 0.25) is 0 Å². The van der Waals surface area contributed by atoms with Gasteiger partial charge in [0.2, 0.25) is 17.7 Å². The normalized spacial score (nSPS) is 16.7. The maximum absolute atomic E-state index is 13.2. The molecule has 11 heteroatoms. The lowest BCUT2D eigenvalue weighted by molar-refractivity contribution is -0.137. The van der Waals surface area contributed by atoms with Crippen LogP contribution in [0.4, 0.5) is 13.2 Å².